The number of amidine groups is 1. The highest BCUT2D eigenvalue weighted by atomic mass is 16.5. The van der Waals surface area contributed by atoms with Crippen LogP contribution in [0.25, 0.3) is 0 Å². The van der Waals surface area contributed by atoms with E-state index in [4.69, 9.17) is 9.73 Å². The van der Waals surface area contributed by atoms with Crippen LogP contribution in [0, 0.1) is 5.92 Å². The van der Waals surface area contributed by atoms with Crippen LogP contribution in [-0.2, 0) is 0 Å². The van der Waals surface area contributed by atoms with Crippen molar-refractivity contribution in [1.29, 1.82) is 0 Å². The van der Waals surface area contributed by atoms with Crippen LogP contribution in [-0.4, -0.2) is 37.6 Å². The van der Waals surface area contributed by atoms with E-state index < -0.39 is 0 Å². The Morgan fingerprint density at radius 3 is 3.00 bits per heavy atom. The number of ether oxygens (including phenoxy) is 1. The van der Waals surface area contributed by atoms with Gasteiger partial charge in [-0.2, -0.15) is 0 Å². The van der Waals surface area contributed by atoms with Crippen molar-refractivity contribution < 1.29 is 4.74 Å². The number of hydrogen-bond donors (Lipinski definition) is 2. The largest absolute Gasteiger partial charge is 0.497 e. The van der Waals surface area contributed by atoms with E-state index in [2.05, 4.69) is 22.8 Å². The molecule has 3 aliphatic heterocycles. The van der Waals surface area contributed by atoms with Crippen molar-refractivity contribution in [1.82, 2.24) is 10.6 Å². The second-order valence-electron chi connectivity index (χ2n) is 6.29. The van der Waals surface area contributed by atoms with Gasteiger partial charge in [0.15, 0.2) is 0 Å². The third-order valence-corrected chi connectivity index (χ3v) is 5.07. The first-order valence-electron chi connectivity index (χ1n) is 7.49. The minimum Gasteiger partial charge on any atom is -0.497 e. The Bertz CT molecular complexity index is 548. The van der Waals surface area contributed by atoms with Crippen molar-refractivity contribution in [2.45, 2.75) is 30.8 Å². The molecule has 2 saturated heterocycles. The van der Waals surface area contributed by atoms with Crippen LogP contribution in [0.15, 0.2) is 29.3 Å². The van der Waals surface area contributed by atoms with E-state index in [1.807, 2.05) is 12.1 Å². The van der Waals surface area contributed by atoms with Crippen molar-refractivity contribution in [3.8, 4) is 5.75 Å². The molecular formula is C16H21N3O. The molecule has 4 nitrogen and oxygen atoms in total. The van der Waals surface area contributed by atoms with E-state index in [0.717, 1.165) is 29.6 Å². The number of benzene rings is 1. The Kier molecular flexibility index (Phi) is 2.74. The fourth-order valence-electron chi connectivity index (χ4n) is 4.00. The SMILES string of the molecule is COc1cccc(C2=NCC3(CC4CCC3NC4)N2)c1. The van der Waals surface area contributed by atoms with E-state index in [1.165, 1.54) is 25.8 Å². The van der Waals surface area contributed by atoms with Gasteiger partial charge < -0.3 is 15.4 Å². The Labute approximate surface area is 119 Å². The Balaban J connectivity index is 1.58. The summed E-state index contributed by atoms with van der Waals surface area (Å²) in [5, 5.41) is 7.42. The van der Waals surface area contributed by atoms with Gasteiger partial charge in [-0.25, -0.2) is 0 Å². The lowest BCUT2D eigenvalue weighted by Crippen LogP contribution is -2.68. The molecule has 0 radical (unpaired) electrons. The summed E-state index contributed by atoms with van der Waals surface area (Å²) >= 11 is 0. The summed E-state index contributed by atoms with van der Waals surface area (Å²) in [5.41, 5.74) is 1.28. The molecular weight excluding hydrogens is 250 g/mol. The van der Waals surface area contributed by atoms with E-state index in [1.54, 1.807) is 7.11 Å². The highest BCUT2D eigenvalue weighted by Crippen LogP contribution is 2.39. The molecule has 3 unspecified atom stereocenters. The molecule has 2 N–H and O–H groups in total. The number of fused-ring (bicyclic) bond motifs is 2. The Morgan fingerprint density at radius 2 is 2.30 bits per heavy atom. The predicted octanol–water partition coefficient (Wildman–Crippen LogP) is 1.56. The van der Waals surface area contributed by atoms with Crippen LogP contribution >= 0.6 is 0 Å². The van der Waals surface area contributed by atoms with E-state index >= 15 is 0 Å². The van der Waals surface area contributed by atoms with Crippen LogP contribution in [0.2, 0.25) is 0 Å². The average molecular weight is 271 g/mol. The first-order chi connectivity index (χ1) is 9.79. The summed E-state index contributed by atoms with van der Waals surface area (Å²) in [6.07, 6.45) is 3.90. The fourth-order valence-corrected chi connectivity index (χ4v) is 4.00. The molecule has 1 saturated carbocycles. The molecule has 3 heterocycles. The maximum atomic E-state index is 5.31. The number of methoxy groups -OCH3 is 1. The highest BCUT2D eigenvalue weighted by Gasteiger charge is 2.49. The van der Waals surface area contributed by atoms with Crippen molar-refractivity contribution >= 4 is 5.84 Å². The molecule has 0 aromatic heterocycles. The number of piperidine rings is 2. The minimum atomic E-state index is 0.152. The fraction of sp³-hybridized carbons (Fsp3) is 0.562. The van der Waals surface area contributed by atoms with E-state index in [9.17, 15) is 0 Å². The zero-order chi connectivity index (χ0) is 13.6. The van der Waals surface area contributed by atoms with Crippen LogP contribution in [0.5, 0.6) is 5.75 Å². The van der Waals surface area contributed by atoms with Crippen molar-refractivity contribution in [3.05, 3.63) is 29.8 Å². The molecule has 1 aliphatic carbocycles. The molecule has 1 spiro atoms. The third kappa shape index (κ3) is 1.82. The summed E-state index contributed by atoms with van der Waals surface area (Å²) in [4.78, 5) is 4.79. The quantitative estimate of drug-likeness (QED) is 0.858. The normalized spacial score (nSPS) is 35.0. The average Bonchev–Trinajstić information content (AvgIpc) is 2.92. The number of nitrogens with one attached hydrogen (secondary N) is 2. The van der Waals surface area contributed by atoms with Gasteiger partial charge in [-0.05, 0) is 43.9 Å². The van der Waals surface area contributed by atoms with Gasteiger partial charge in [0.1, 0.15) is 11.6 Å². The van der Waals surface area contributed by atoms with Gasteiger partial charge >= 0.3 is 0 Å². The minimum absolute atomic E-state index is 0.152. The summed E-state index contributed by atoms with van der Waals surface area (Å²) < 4.78 is 5.31. The number of rotatable bonds is 2. The van der Waals surface area contributed by atoms with Gasteiger partial charge in [-0.15, -0.1) is 0 Å². The molecule has 20 heavy (non-hydrogen) atoms. The van der Waals surface area contributed by atoms with Gasteiger partial charge in [0.25, 0.3) is 0 Å². The van der Waals surface area contributed by atoms with Gasteiger partial charge in [-0.3, -0.25) is 4.99 Å². The lowest BCUT2D eigenvalue weighted by atomic mass is 9.69. The summed E-state index contributed by atoms with van der Waals surface area (Å²) in [6.45, 7) is 2.08. The molecule has 0 amide bonds. The van der Waals surface area contributed by atoms with Crippen LogP contribution < -0.4 is 15.4 Å². The van der Waals surface area contributed by atoms with Gasteiger partial charge in [-0.1, -0.05) is 12.1 Å². The Hall–Kier alpha value is -1.55. The predicted molar refractivity (Wildman–Crippen MR) is 79.4 cm³/mol. The molecule has 4 aliphatic rings. The molecule has 3 atom stereocenters. The molecule has 4 heteroatoms. The number of aliphatic imine (C=N–C) groups is 1. The zero-order valence-electron chi connectivity index (χ0n) is 11.9. The van der Waals surface area contributed by atoms with E-state index in [0.29, 0.717) is 6.04 Å². The van der Waals surface area contributed by atoms with Gasteiger partial charge in [0.05, 0.1) is 19.2 Å². The van der Waals surface area contributed by atoms with Crippen LogP contribution in [0.3, 0.4) is 0 Å². The first kappa shape index (κ1) is 12.2. The second-order valence-corrected chi connectivity index (χ2v) is 6.29. The lowest BCUT2D eigenvalue weighted by molar-refractivity contribution is 0.105. The maximum Gasteiger partial charge on any atom is 0.129 e. The topological polar surface area (TPSA) is 45.6 Å². The third-order valence-electron chi connectivity index (χ3n) is 5.07. The van der Waals surface area contributed by atoms with Crippen molar-refractivity contribution in [2.24, 2.45) is 10.9 Å². The molecule has 2 bridgehead atoms. The van der Waals surface area contributed by atoms with Gasteiger partial charge in [0.2, 0.25) is 0 Å². The highest BCUT2D eigenvalue weighted by molar-refractivity contribution is 6.01. The monoisotopic (exact) mass is 271 g/mol. The molecule has 5 rings (SSSR count). The lowest BCUT2D eigenvalue weighted by Gasteiger charge is -2.50. The van der Waals surface area contributed by atoms with Crippen LogP contribution in [0.1, 0.15) is 24.8 Å². The molecule has 106 valence electrons. The summed E-state index contributed by atoms with van der Waals surface area (Å²) in [7, 11) is 1.70. The van der Waals surface area contributed by atoms with Crippen molar-refractivity contribution in [2.75, 3.05) is 20.2 Å². The second kappa shape index (κ2) is 4.48. The number of nitrogens with zero attached hydrogens (tertiary/aromatic N) is 1. The Morgan fingerprint density at radius 1 is 1.35 bits per heavy atom. The molecule has 3 fully saturated rings. The molecule has 1 aromatic carbocycles. The van der Waals surface area contributed by atoms with Crippen LogP contribution in [0.4, 0.5) is 0 Å². The maximum absolute atomic E-state index is 5.31. The van der Waals surface area contributed by atoms with Crippen molar-refractivity contribution in [3.63, 3.8) is 0 Å². The smallest absolute Gasteiger partial charge is 0.129 e. The van der Waals surface area contributed by atoms with Gasteiger partial charge in [0, 0.05) is 11.6 Å². The van der Waals surface area contributed by atoms with E-state index in [-0.39, 0.29) is 5.54 Å². The standard InChI is InChI=1S/C16H21N3O/c1-20-13-4-2-3-12(7-13)15-18-10-16(19-15)8-11-5-6-14(16)17-9-11/h2-4,7,11,14,17H,5-6,8-10H2,1H3,(H,18,19). The molecule has 1 aromatic rings. The first-order valence-corrected chi connectivity index (χ1v) is 7.49. The number of hydrogen-bond acceptors (Lipinski definition) is 4. The summed E-state index contributed by atoms with van der Waals surface area (Å²) in [6, 6.07) is 8.72. The summed E-state index contributed by atoms with van der Waals surface area (Å²) in [5.74, 6) is 2.72. The zero-order valence-corrected chi connectivity index (χ0v) is 11.9.